The molecule has 0 aromatic heterocycles. The second kappa shape index (κ2) is 4.31. The van der Waals surface area contributed by atoms with Gasteiger partial charge in [-0.05, 0) is 41.1 Å². The third-order valence-corrected chi connectivity index (χ3v) is 5.72. The second-order valence-electron chi connectivity index (χ2n) is 6.44. The van der Waals surface area contributed by atoms with Crippen LogP contribution < -0.4 is 5.73 Å². The first-order valence-electron chi connectivity index (χ1n) is 7.57. The van der Waals surface area contributed by atoms with Gasteiger partial charge in [0.25, 0.3) is 0 Å². The monoisotopic (exact) mass is 267 g/mol. The van der Waals surface area contributed by atoms with Crippen molar-refractivity contribution in [3.8, 4) is 0 Å². The van der Waals surface area contributed by atoms with Crippen LogP contribution in [0.1, 0.15) is 24.8 Å². The lowest BCUT2D eigenvalue weighted by Crippen LogP contribution is -2.64. The van der Waals surface area contributed by atoms with E-state index in [0.29, 0.717) is 0 Å². The lowest BCUT2D eigenvalue weighted by atomic mass is 9.49. The predicted octanol–water partition coefficient (Wildman–Crippen LogP) is 3.24. The van der Waals surface area contributed by atoms with Gasteiger partial charge in [-0.3, -0.25) is 0 Å². The van der Waals surface area contributed by atoms with E-state index in [1.165, 1.54) is 35.6 Å². The lowest BCUT2D eigenvalue weighted by Gasteiger charge is -2.60. The SMILES string of the molecule is NCC1(C2(c3cccc4ccccc34)COC2)CCC1. The van der Waals surface area contributed by atoms with Crippen LogP contribution >= 0.6 is 0 Å². The molecule has 20 heavy (non-hydrogen) atoms. The highest BCUT2D eigenvalue weighted by Crippen LogP contribution is 2.58. The molecule has 0 atom stereocenters. The van der Waals surface area contributed by atoms with E-state index >= 15 is 0 Å². The molecule has 2 aromatic carbocycles. The fourth-order valence-corrected chi connectivity index (χ4v) is 4.18. The average Bonchev–Trinajstić information content (AvgIpc) is 2.40. The van der Waals surface area contributed by atoms with Crippen molar-refractivity contribution in [1.82, 2.24) is 0 Å². The molecule has 0 radical (unpaired) electrons. The van der Waals surface area contributed by atoms with Crippen LogP contribution in [-0.4, -0.2) is 19.8 Å². The Hall–Kier alpha value is -1.38. The Kier molecular flexibility index (Phi) is 2.66. The van der Waals surface area contributed by atoms with E-state index in [2.05, 4.69) is 42.5 Å². The molecule has 2 heteroatoms. The highest BCUT2D eigenvalue weighted by atomic mass is 16.5. The van der Waals surface area contributed by atoms with Crippen LogP contribution in [0.3, 0.4) is 0 Å². The topological polar surface area (TPSA) is 35.2 Å². The van der Waals surface area contributed by atoms with Crippen LogP contribution in [0.25, 0.3) is 10.8 Å². The summed E-state index contributed by atoms with van der Waals surface area (Å²) in [5.41, 5.74) is 8.04. The maximum Gasteiger partial charge on any atom is 0.0591 e. The summed E-state index contributed by atoms with van der Waals surface area (Å²) in [5.74, 6) is 0. The van der Waals surface area contributed by atoms with Gasteiger partial charge in [-0.2, -0.15) is 0 Å². The van der Waals surface area contributed by atoms with Crippen molar-refractivity contribution < 1.29 is 4.74 Å². The van der Waals surface area contributed by atoms with E-state index in [0.717, 1.165) is 19.8 Å². The van der Waals surface area contributed by atoms with Crippen molar-refractivity contribution in [2.45, 2.75) is 24.7 Å². The van der Waals surface area contributed by atoms with Gasteiger partial charge in [-0.1, -0.05) is 48.9 Å². The molecule has 2 aromatic rings. The first kappa shape index (κ1) is 12.4. The van der Waals surface area contributed by atoms with E-state index in [4.69, 9.17) is 10.5 Å². The van der Waals surface area contributed by atoms with E-state index in [9.17, 15) is 0 Å². The van der Waals surface area contributed by atoms with E-state index < -0.39 is 0 Å². The Morgan fingerprint density at radius 2 is 1.75 bits per heavy atom. The summed E-state index contributed by atoms with van der Waals surface area (Å²) in [6.07, 6.45) is 3.80. The van der Waals surface area contributed by atoms with E-state index in [1.54, 1.807) is 0 Å². The smallest absolute Gasteiger partial charge is 0.0591 e. The van der Waals surface area contributed by atoms with Crippen LogP contribution in [0.15, 0.2) is 42.5 Å². The van der Waals surface area contributed by atoms with E-state index in [1.807, 2.05) is 0 Å². The summed E-state index contributed by atoms with van der Waals surface area (Å²) in [7, 11) is 0. The zero-order chi connectivity index (χ0) is 13.6. The van der Waals surface area contributed by atoms with Crippen molar-refractivity contribution >= 4 is 10.8 Å². The van der Waals surface area contributed by atoms with Gasteiger partial charge >= 0.3 is 0 Å². The summed E-state index contributed by atoms with van der Waals surface area (Å²) in [6.45, 7) is 2.44. The molecule has 0 bridgehead atoms. The van der Waals surface area contributed by atoms with Crippen molar-refractivity contribution in [2.24, 2.45) is 11.1 Å². The molecule has 104 valence electrons. The third-order valence-electron chi connectivity index (χ3n) is 5.72. The highest BCUT2D eigenvalue weighted by molar-refractivity contribution is 5.87. The summed E-state index contributed by atoms with van der Waals surface area (Å²) in [4.78, 5) is 0. The molecule has 1 saturated heterocycles. The van der Waals surface area contributed by atoms with Gasteiger partial charge in [-0.25, -0.2) is 0 Å². The third kappa shape index (κ3) is 1.41. The molecule has 1 saturated carbocycles. The number of fused-ring (bicyclic) bond motifs is 1. The number of ether oxygens (including phenoxy) is 1. The molecule has 2 fully saturated rings. The van der Waals surface area contributed by atoms with E-state index in [-0.39, 0.29) is 10.8 Å². The minimum Gasteiger partial charge on any atom is -0.379 e. The summed E-state index contributed by atoms with van der Waals surface area (Å²) in [6, 6.07) is 15.4. The number of benzene rings is 2. The van der Waals surface area contributed by atoms with Crippen molar-refractivity contribution in [3.63, 3.8) is 0 Å². The Morgan fingerprint density at radius 1 is 1.00 bits per heavy atom. The maximum absolute atomic E-state index is 6.19. The fourth-order valence-electron chi connectivity index (χ4n) is 4.18. The number of rotatable bonds is 3. The van der Waals surface area contributed by atoms with Gasteiger partial charge in [0.2, 0.25) is 0 Å². The Morgan fingerprint density at radius 3 is 2.35 bits per heavy atom. The Balaban J connectivity index is 1.92. The molecule has 0 unspecified atom stereocenters. The molecular formula is C18H21NO. The first-order chi connectivity index (χ1) is 9.81. The summed E-state index contributed by atoms with van der Waals surface area (Å²) < 4.78 is 5.67. The Bertz CT molecular complexity index is 630. The minimum absolute atomic E-state index is 0.140. The van der Waals surface area contributed by atoms with Crippen LogP contribution in [0.4, 0.5) is 0 Å². The Labute approximate surface area is 119 Å². The second-order valence-corrected chi connectivity index (χ2v) is 6.44. The van der Waals surface area contributed by atoms with Crippen molar-refractivity contribution in [2.75, 3.05) is 19.8 Å². The molecule has 2 nitrogen and oxygen atoms in total. The van der Waals surface area contributed by atoms with Gasteiger partial charge in [-0.15, -0.1) is 0 Å². The largest absolute Gasteiger partial charge is 0.379 e. The predicted molar refractivity (Wildman–Crippen MR) is 81.8 cm³/mol. The van der Waals surface area contributed by atoms with Crippen LogP contribution in [0.5, 0.6) is 0 Å². The molecule has 2 aliphatic rings. The quantitative estimate of drug-likeness (QED) is 0.926. The van der Waals surface area contributed by atoms with Gasteiger partial charge in [0.1, 0.15) is 0 Å². The standard InChI is InChI=1S/C18H21NO/c19-11-17(9-4-10-17)18(12-20-13-18)16-8-3-6-14-5-1-2-7-15(14)16/h1-3,5-8H,4,9-13,19H2. The maximum atomic E-state index is 6.19. The van der Waals surface area contributed by atoms with Crippen LogP contribution in [0, 0.1) is 5.41 Å². The number of hydrogen-bond acceptors (Lipinski definition) is 2. The summed E-state index contributed by atoms with van der Waals surface area (Å²) >= 11 is 0. The molecule has 0 spiro atoms. The number of hydrogen-bond donors (Lipinski definition) is 1. The van der Waals surface area contributed by atoms with Gasteiger partial charge in [0.05, 0.1) is 13.2 Å². The van der Waals surface area contributed by atoms with Gasteiger partial charge in [0, 0.05) is 5.41 Å². The average molecular weight is 267 g/mol. The normalized spacial score (nSPS) is 23.1. The molecule has 1 aliphatic carbocycles. The molecule has 1 heterocycles. The molecular weight excluding hydrogens is 246 g/mol. The highest BCUT2D eigenvalue weighted by Gasteiger charge is 2.59. The lowest BCUT2D eigenvalue weighted by molar-refractivity contribution is -0.153. The number of nitrogens with two attached hydrogens (primary N) is 1. The minimum atomic E-state index is 0.140. The van der Waals surface area contributed by atoms with Crippen molar-refractivity contribution in [3.05, 3.63) is 48.0 Å². The summed E-state index contributed by atoms with van der Waals surface area (Å²) in [5, 5.41) is 2.70. The van der Waals surface area contributed by atoms with Gasteiger partial charge < -0.3 is 10.5 Å². The molecule has 4 rings (SSSR count). The van der Waals surface area contributed by atoms with Gasteiger partial charge in [0.15, 0.2) is 0 Å². The zero-order valence-corrected chi connectivity index (χ0v) is 11.8. The zero-order valence-electron chi connectivity index (χ0n) is 11.8. The molecule has 2 N–H and O–H groups in total. The first-order valence-corrected chi connectivity index (χ1v) is 7.57. The molecule has 0 amide bonds. The van der Waals surface area contributed by atoms with Crippen LogP contribution in [0.2, 0.25) is 0 Å². The fraction of sp³-hybridized carbons (Fsp3) is 0.444. The molecule has 1 aliphatic heterocycles. The van der Waals surface area contributed by atoms with Crippen LogP contribution in [-0.2, 0) is 10.2 Å². The van der Waals surface area contributed by atoms with Crippen molar-refractivity contribution in [1.29, 1.82) is 0 Å².